The van der Waals surface area contributed by atoms with E-state index in [4.69, 9.17) is 5.14 Å². The first-order valence-corrected chi connectivity index (χ1v) is 11.4. The summed E-state index contributed by atoms with van der Waals surface area (Å²) in [7, 11) is 0.583. The van der Waals surface area contributed by atoms with Crippen molar-refractivity contribution >= 4 is 10.0 Å². The monoisotopic (exact) mass is 415 g/mol. The fraction of sp³-hybridized carbons (Fsp3) is 0.400. The molecule has 2 aliphatic rings. The SMILES string of the molecule is C[n+]1ccn2c1C[N+]1(CCc3ccc(S(N)(=O)=O)cc3)Cc3n(cc[n+]3C)C1C2. The Morgan fingerprint density at radius 3 is 2.45 bits per heavy atom. The predicted octanol–water partition coefficient (Wildman–Crippen LogP) is -0.128. The largest absolute Gasteiger partial charge is 0.317 e. The molecule has 2 aliphatic heterocycles. The van der Waals surface area contributed by atoms with Crippen LogP contribution >= 0.6 is 0 Å². The highest BCUT2D eigenvalue weighted by Gasteiger charge is 2.57. The first-order chi connectivity index (χ1) is 13.8. The lowest BCUT2D eigenvalue weighted by Gasteiger charge is -2.38. The van der Waals surface area contributed by atoms with Crippen LogP contribution in [0.5, 0.6) is 0 Å². The second-order valence-electron chi connectivity index (χ2n) is 8.39. The van der Waals surface area contributed by atoms with Gasteiger partial charge in [-0.3, -0.25) is 4.48 Å². The van der Waals surface area contributed by atoms with E-state index in [2.05, 4.69) is 57.2 Å². The lowest BCUT2D eigenvalue weighted by Crippen LogP contribution is -2.55. The zero-order chi connectivity index (χ0) is 20.4. The van der Waals surface area contributed by atoms with Crippen LogP contribution in [0.3, 0.4) is 0 Å². The van der Waals surface area contributed by atoms with E-state index >= 15 is 0 Å². The summed E-state index contributed by atoms with van der Waals surface area (Å²) in [6.45, 7) is 3.92. The van der Waals surface area contributed by atoms with Gasteiger partial charge in [-0.2, -0.15) is 4.57 Å². The van der Waals surface area contributed by atoms with Gasteiger partial charge in [0.1, 0.15) is 24.8 Å². The first-order valence-electron chi connectivity index (χ1n) is 9.83. The number of sulfonamides is 1. The van der Waals surface area contributed by atoms with Crippen LogP contribution in [0.1, 0.15) is 23.4 Å². The molecule has 4 heterocycles. The molecule has 2 unspecified atom stereocenters. The number of benzene rings is 1. The summed E-state index contributed by atoms with van der Waals surface area (Å²) in [5, 5.41) is 5.23. The number of fused-ring (bicyclic) bond motifs is 4. The average Bonchev–Trinajstić information content (AvgIpc) is 3.32. The summed E-state index contributed by atoms with van der Waals surface area (Å²) in [4.78, 5) is 0.165. The molecular weight excluding hydrogens is 388 g/mol. The summed E-state index contributed by atoms with van der Waals surface area (Å²) < 4.78 is 33.3. The summed E-state index contributed by atoms with van der Waals surface area (Å²) in [6.07, 6.45) is 9.92. The maximum atomic E-state index is 11.5. The molecular formula is C20H27N6O2S+3. The lowest BCUT2D eigenvalue weighted by molar-refractivity contribution is -0.995. The van der Waals surface area contributed by atoms with E-state index in [0.717, 1.165) is 42.6 Å². The average molecular weight is 416 g/mol. The Balaban J connectivity index is 1.46. The van der Waals surface area contributed by atoms with Gasteiger partial charge in [-0.05, 0) is 17.7 Å². The van der Waals surface area contributed by atoms with Gasteiger partial charge in [0.25, 0.3) is 6.17 Å². The molecule has 0 spiro atoms. The minimum Gasteiger partial charge on any atom is -0.262 e. The number of aryl methyl sites for hydroxylation is 2. The molecule has 1 aromatic carbocycles. The zero-order valence-corrected chi connectivity index (χ0v) is 17.6. The Kier molecular flexibility index (Phi) is 4.00. The van der Waals surface area contributed by atoms with Crippen LogP contribution < -0.4 is 14.3 Å². The van der Waals surface area contributed by atoms with E-state index < -0.39 is 10.0 Å². The molecule has 0 saturated heterocycles. The molecule has 0 amide bonds. The smallest absolute Gasteiger partial charge is 0.262 e. The highest BCUT2D eigenvalue weighted by molar-refractivity contribution is 7.89. The first kappa shape index (κ1) is 18.5. The van der Waals surface area contributed by atoms with Gasteiger partial charge in [-0.15, -0.1) is 0 Å². The minimum atomic E-state index is -3.65. The van der Waals surface area contributed by atoms with Crippen molar-refractivity contribution in [3.8, 4) is 0 Å². The van der Waals surface area contributed by atoms with Gasteiger partial charge >= 0.3 is 11.6 Å². The predicted molar refractivity (Wildman–Crippen MR) is 104 cm³/mol. The number of rotatable bonds is 4. The van der Waals surface area contributed by atoms with Crippen molar-refractivity contribution in [2.75, 3.05) is 6.54 Å². The van der Waals surface area contributed by atoms with Crippen LogP contribution in [0.15, 0.2) is 53.9 Å². The van der Waals surface area contributed by atoms with E-state index in [1.165, 1.54) is 11.6 Å². The summed E-state index contributed by atoms with van der Waals surface area (Å²) in [6, 6.07) is 6.99. The normalized spacial score (nSPS) is 22.9. The quantitative estimate of drug-likeness (QED) is 0.476. The molecule has 9 heteroatoms. The minimum absolute atomic E-state index is 0.165. The zero-order valence-electron chi connectivity index (χ0n) is 16.8. The Labute approximate surface area is 170 Å². The highest BCUT2D eigenvalue weighted by Crippen LogP contribution is 2.40. The third kappa shape index (κ3) is 2.92. The molecule has 3 aromatic rings. The lowest BCUT2D eigenvalue weighted by atomic mass is 10.1. The summed E-state index contributed by atoms with van der Waals surface area (Å²) in [5.74, 6) is 2.70. The third-order valence-electron chi connectivity index (χ3n) is 6.69. The Morgan fingerprint density at radius 1 is 1.07 bits per heavy atom. The fourth-order valence-electron chi connectivity index (χ4n) is 4.95. The van der Waals surface area contributed by atoms with Crippen molar-refractivity contribution in [1.82, 2.24) is 9.13 Å². The van der Waals surface area contributed by atoms with Gasteiger partial charge in [0.15, 0.2) is 19.6 Å². The summed E-state index contributed by atoms with van der Waals surface area (Å²) in [5.41, 5.74) is 1.13. The van der Waals surface area contributed by atoms with Crippen molar-refractivity contribution in [3.05, 3.63) is 66.3 Å². The van der Waals surface area contributed by atoms with E-state index in [0.29, 0.717) is 6.17 Å². The molecule has 2 N–H and O–H groups in total. The Morgan fingerprint density at radius 2 is 1.72 bits per heavy atom. The number of nitrogens with two attached hydrogens (primary N) is 1. The second-order valence-corrected chi connectivity index (χ2v) is 9.95. The van der Waals surface area contributed by atoms with Crippen LogP contribution in [0.4, 0.5) is 0 Å². The number of hydrogen-bond acceptors (Lipinski definition) is 2. The molecule has 0 aliphatic carbocycles. The number of imidazole rings is 2. The Bertz CT molecular complexity index is 1180. The van der Waals surface area contributed by atoms with Gasteiger partial charge in [-0.1, -0.05) is 12.1 Å². The molecule has 5 rings (SSSR count). The van der Waals surface area contributed by atoms with Crippen LogP contribution in [0.2, 0.25) is 0 Å². The van der Waals surface area contributed by atoms with Crippen molar-refractivity contribution in [2.45, 2.75) is 37.1 Å². The molecule has 2 atom stereocenters. The molecule has 0 radical (unpaired) electrons. The number of quaternary nitrogens is 1. The second kappa shape index (κ2) is 6.25. The van der Waals surface area contributed by atoms with Gasteiger partial charge in [0, 0.05) is 6.42 Å². The van der Waals surface area contributed by atoms with Crippen LogP contribution in [0, 0.1) is 0 Å². The molecule has 2 aromatic heterocycles. The van der Waals surface area contributed by atoms with Crippen LogP contribution in [-0.2, 0) is 50.2 Å². The maximum absolute atomic E-state index is 11.5. The number of hydrogen-bond donors (Lipinski definition) is 1. The van der Waals surface area contributed by atoms with E-state index in [1.807, 2.05) is 12.1 Å². The standard InChI is InChI=1S/C20H27N6O2S/c1-22-8-10-24-13-20-25-11-9-23(2)19(25)15-26(20,14-18(22)24)12-7-16-3-5-17(6-4-16)29(21,27)28/h3-6,8-11,20H,7,12-15H2,1-2H3,(H2,21,27,28)/q+3. The number of primary sulfonamides is 1. The van der Waals surface area contributed by atoms with Gasteiger partial charge in [0.2, 0.25) is 10.0 Å². The molecule has 0 fully saturated rings. The van der Waals surface area contributed by atoms with Crippen molar-refractivity contribution in [2.24, 2.45) is 19.2 Å². The van der Waals surface area contributed by atoms with E-state index in [1.54, 1.807) is 12.1 Å². The maximum Gasteiger partial charge on any atom is 0.317 e. The van der Waals surface area contributed by atoms with E-state index in [9.17, 15) is 8.42 Å². The number of aromatic nitrogens is 4. The van der Waals surface area contributed by atoms with Gasteiger partial charge in [0.05, 0.1) is 25.5 Å². The molecule has 152 valence electrons. The van der Waals surface area contributed by atoms with Crippen molar-refractivity contribution < 1.29 is 22.0 Å². The van der Waals surface area contributed by atoms with Crippen molar-refractivity contribution in [1.29, 1.82) is 0 Å². The van der Waals surface area contributed by atoms with Crippen molar-refractivity contribution in [3.63, 3.8) is 0 Å². The molecule has 0 bridgehead atoms. The third-order valence-corrected chi connectivity index (χ3v) is 7.62. The summed E-state index contributed by atoms with van der Waals surface area (Å²) >= 11 is 0. The molecule has 0 saturated carbocycles. The highest BCUT2D eigenvalue weighted by atomic mass is 32.2. The molecule has 29 heavy (non-hydrogen) atoms. The van der Waals surface area contributed by atoms with Crippen LogP contribution in [0.25, 0.3) is 0 Å². The van der Waals surface area contributed by atoms with Gasteiger partial charge in [-0.25, -0.2) is 27.3 Å². The Hall–Kier alpha value is -2.49. The number of nitrogens with zero attached hydrogens (tertiary/aromatic N) is 5. The van der Waals surface area contributed by atoms with E-state index in [-0.39, 0.29) is 4.90 Å². The fourth-order valence-corrected chi connectivity index (χ4v) is 5.47. The van der Waals surface area contributed by atoms with Gasteiger partial charge < -0.3 is 0 Å². The molecule has 8 nitrogen and oxygen atoms in total. The topological polar surface area (TPSA) is 77.8 Å². The van der Waals surface area contributed by atoms with Crippen LogP contribution in [-0.4, -0.2) is 28.6 Å².